The van der Waals surface area contributed by atoms with Gasteiger partial charge in [0.15, 0.2) is 5.78 Å². The molecule has 0 amide bonds. The molecule has 2 heterocycles. The molecule has 4 heteroatoms. The highest BCUT2D eigenvalue weighted by Crippen LogP contribution is 2.20. The van der Waals surface area contributed by atoms with Crippen LogP contribution < -0.4 is 0 Å². The summed E-state index contributed by atoms with van der Waals surface area (Å²) in [4.78, 5) is 15.5. The molecule has 0 bridgehead atoms. The van der Waals surface area contributed by atoms with Crippen LogP contribution in [0.2, 0.25) is 0 Å². The van der Waals surface area contributed by atoms with Crippen LogP contribution in [0.25, 0.3) is 11.0 Å². The molecule has 72 valence electrons. The molecule has 0 aliphatic rings. The highest BCUT2D eigenvalue weighted by Gasteiger charge is 2.09. The van der Waals surface area contributed by atoms with Crippen LogP contribution in [-0.2, 0) is 7.05 Å². The summed E-state index contributed by atoms with van der Waals surface area (Å²) in [6.45, 7) is 1.56. The van der Waals surface area contributed by atoms with E-state index in [4.69, 9.17) is 0 Å². The van der Waals surface area contributed by atoms with Gasteiger partial charge in [-0.1, -0.05) is 0 Å². The summed E-state index contributed by atoms with van der Waals surface area (Å²) in [7, 11) is 1.87. The molecule has 0 saturated carbocycles. The van der Waals surface area contributed by atoms with E-state index in [0.29, 0.717) is 5.69 Å². The van der Waals surface area contributed by atoms with E-state index < -0.39 is 0 Å². The third kappa shape index (κ3) is 1.35. The number of fused-ring (bicyclic) bond motifs is 1. The largest absolute Gasteiger partial charge is 0.340 e. The van der Waals surface area contributed by atoms with Gasteiger partial charge in [-0.15, -0.1) is 0 Å². The Labute approximate surface area is 89.9 Å². The Kier molecular flexibility index (Phi) is 2.15. The minimum atomic E-state index is 0.0571. The van der Waals surface area contributed by atoms with Crippen molar-refractivity contribution in [3.05, 3.63) is 28.5 Å². The number of Topliss-reactive ketones (excluding diaryl/α,β-unsaturated/α-hetero) is 1. The summed E-state index contributed by atoms with van der Waals surface area (Å²) in [5.74, 6) is 0.0571. The molecular weight excluding hydrogens is 244 g/mol. The second kappa shape index (κ2) is 3.20. The number of hydrogen-bond donors (Lipinski definition) is 0. The predicted octanol–water partition coefficient (Wildman–Crippen LogP) is 2.54. The lowest BCUT2D eigenvalue weighted by Gasteiger charge is -1.99. The van der Waals surface area contributed by atoms with Crippen molar-refractivity contribution in [1.82, 2.24) is 9.55 Å². The van der Waals surface area contributed by atoms with Gasteiger partial charge in [0.1, 0.15) is 0 Å². The highest BCUT2D eigenvalue weighted by molar-refractivity contribution is 9.10. The van der Waals surface area contributed by atoms with Crippen molar-refractivity contribution in [2.24, 2.45) is 7.05 Å². The van der Waals surface area contributed by atoms with E-state index in [0.717, 1.165) is 15.5 Å². The third-order valence-electron chi connectivity index (χ3n) is 2.22. The normalized spacial score (nSPS) is 10.8. The zero-order valence-corrected chi connectivity index (χ0v) is 9.50. The predicted molar refractivity (Wildman–Crippen MR) is 58.4 cm³/mol. The standard InChI is InChI=1S/C10H9BrN2O/c1-6(14)9-4-8-10(13(9)2)3-7(11)5-12-8/h3-5H,1-2H3. The maximum atomic E-state index is 11.3. The lowest BCUT2D eigenvalue weighted by molar-refractivity contribution is 0.101. The summed E-state index contributed by atoms with van der Waals surface area (Å²) >= 11 is 3.35. The van der Waals surface area contributed by atoms with E-state index in [-0.39, 0.29) is 5.78 Å². The van der Waals surface area contributed by atoms with E-state index in [2.05, 4.69) is 20.9 Å². The molecule has 0 N–H and O–H groups in total. The van der Waals surface area contributed by atoms with E-state index in [1.807, 2.05) is 23.7 Å². The van der Waals surface area contributed by atoms with Crippen molar-refractivity contribution in [1.29, 1.82) is 0 Å². The molecule has 0 aromatic carbocycles. The minimum absolute atomic E-state index is 0.0571. The molecule has 0 saturated heterocycles. The van der Waals surface area contributed by atoms with Crippen molar-refractivity contribution in [3.63, 3.8) is 0 Å². The van der Waals surface area contributed by atoms with Gasteiger partial charge in [-0.05, 0) is 28.1 Å². The Balaban J connectivity index is 2.80. The van der Waals surface area contributed by atoms with Gasteiger partial charge < -0.3 is 4.57 Å². The first kappa shape index (κ1) is 9.40. The van der Waals surface area contributed by atoms with Crippen molar-refractivity contribution < 1.29 is 4.79 Å². The number of aryl methyl sites for hydroxylation is 1. The van der Waals surface area contributed by atoms with Crippen LogP contribution in [0, 0.1) is 0 Å². The fourth-order valence-electron chi connectivity index (χ4n) is 1.51. The van der Waals surface area contributed by atoms with Gasteiger partial charge in [0.2, 0.25) is 0 Å². The van der Waals surface area contributed by atoms with Crippen LogP contribution in [0.3, 0.4) is 0 Å². The Morgan fingerprint density at radius 1 is 1.50 bits per heavy atom. The van der Waals surface area contributed by atoms with Crippen molar-refractivity contribution >= 4 is 32.7 Å². The number of nitrogens with zero attached hydrogens (tertiary/aromatic N) is 2. The van der Waals surface area contributed by atoms with Gasteiger partial charge >= 0.3 is 0 Å². The summed E-state index contributed by atoms with van der Waals surface area (Å²) < 4.78 is 2.77. The second-order valence-corrected chi connectivity index (χ2v) is 4.12. The van der Waals surface area contributed by atoms with E-state index >= 15 is 0 Å². The molecule has 0 unspecified atom stereocenters. The smallest absolute Gasteiger partial charge is 0.176 e. The maximum absolute atomic E-state index is 11.3. The van der Waals surface area contributed by atoms with Crippen LogP contribution in [0.4, 0.5) is 0 Å². The number of ketones is 1. The van der Waals surface area contributed by atoms with Crippen molar-refractivity contribution in [2.45, 2.75) is 6.92 Å². The van der Waals surface area contributed by atoms with Gasteiger partial charge in [0.05, 0.1) is 16.7 Å². The molecule has 0 aliphatic carbocycles. The van der Waals surface area contributed by atoms with E-state index in [9.17, 15) is 4.79 Å². The Hall–Kier alpha value is -1.16. The van der Waals surface area contributed by atoms with Crippen LogP contribution >= 0.6 is 15.9 Å². The highest BCUT2D eigenvalue weighted by atomic mass is 79.9. The Morgan fingerprint density at radius 2 is 2.21 bits per heavy atom. The SMILES string of the molecule is CC(=O)c1cc2ncc(Br)cc2n1C. The van der Waals surface area contributed by atoms with E-state index in [1.54, 1.807) is 13.1 Å². The first-order valence-electron chi connectivity index (χ1n) is 4.21. The summed E-state index contributed by atoms with van der Waals surface area (Å²) in [6.07, 6.45) is 1.73. The number of pyridine rings is 1. The number of carbonyl (C=O) groups is 1. The van der Waals surface area contributed by atoms with Crippen LogP contribution in [-0.4, -0.2) is 15.3 Å². The minimum Gasteiger partial charge on any atom is -0.340 e. The number of aromatic nitrogens is 2. The number of rotatable bonds is 1. The molecule has 0 spiro atoms. The van der Waals surface area contributed by atoms with E-state index in [1.165, 1.54) is 0 Å². The fraction of sp³-hybridized carbons (Fsp3) is 0.200. The molecule has 0 atom stereocenters. The molecule has 2 aromatic rings. The lowest BCUT2D eigenvalue weighted by atomic mass is 10.3. The van der Waals surface area contributed by atoms with Gasteiger partial charge in [0.25, 0.3) is 0 Å². The molecule has 0 radical (unpaired) electrons. The average molecular weight is 253 g/mol. The molecule has 0 aliphatic heterocycles. The van der Waals surface area contributed by atoms with Gasteiger partial charge in [-0.2, -0.15) is 0 Å². The first-order valence-corrected chi connectivity index (χ1v) is 5.01. The van der Waals surface area contributed by atoms with Gasteiger partial charge in [-0.3, -0.25) is 9.78 Å². The Morgan fingerprint density at radius 3 is 2.86 bits per heavy atom. The van der Waals surface area contributed by atoms with Gasteiger partial charge in [0, 0.05) is 24.6 Å². The first-order chi connectivity index (χ1) is 6.59. The quantitative estimate of drug-likeness (QED) is 0.732. The average Bonchev–Trinajstić information content (AvgIpc) is 2.44. The lowest BCUT2D eigenvalue weighted by Crippen LogP contribution is -2.00. The zero-order chi connectivity index (χ0) is 10.3. The van der Waals surface area contributed by atoms with Crippen LogP contribution in [0.1, 0.15) is 17.4 Å². The molecule has 2 aromatic heterocycles. The fourth-order valence-corrected chi connectivity index (χ4v) is 1.83. The Bertz CT molecular complexity index is 516. The van der Waals surface area contributed by atoms with Crippen molar-refractivity contribution in [3.8, 4) is 0 Å². The zero-order valence-electron chi connectivity index (χ0n) is 7.91. The van der Waals surface area contributed by atoms with Crippen LogP contribution in [0.5, 0.6) is 0 Å². The van der Waals surface area contributed by atoms with Crippen LogP contribution in [0.15, 0.2) is 22.8 Å². The third-order valence-corrected chi connectivity index (χ3v) is 2.65. The molecule has 2 rings (SSSR count). The number of halogens is 1. The maximum Gasteiger partial charge on any atom is 0.176 e. The molecule has 0 fully saturated rings. The summed E-state index contributed by atoms with van der Waals surface area (Å²) in [6, 6.07) is 3.76. The monoisotopic (exact) mass is 252 g/mol. The topological polar surface area (TPSA) is 34.9 Å². The summed E-state index contributed by atoms with van der Waals surface area (Å²) in [5.41, 5.74) is 2.50. The molecular formula is C10H9BrN2O. The summed E-state index contributed by atoms with van der Waals surface area (Å²) in [5, 5.41) is 0. The molecule has 14 heavy (non-hydrogen) atoms. The number of hydrogen-bond acceptors (Lipinski definition) is 2. The second-order valence-electron chi connectivity index (χ2n) is 3.20. The van der Waals surface area contributed by atoms with Gasteiger partial charge in [-0.25, -0.2) is 0 Å². The molecule has 3 nitrogen and oxygen atoms in total. The number of carbonyl (C=O) groups excluding carboxylic acids is 1. The van der Waals surface area contributed by atoms with Crippen molar-refractivity contribution in [2.75, 3.05) is 0 Å².